The predicted molar refractivity (Wildman–Crippen MR) is 83.4 cm³/mol. The summed E-state index contributed by atoms with van der Waals surface area (Å²) in [6.07, 6.45) is 1.39. The first-order chi connectivity index (χ1) is 10.5. The van der Waals surface area contributed by atoms with Gasteiger partial charge in [-0.3, -0.25) is 0 Å². The van der Waals surface area contributed by atoms with Gasteiger partial charge in [0.2, 0.25) is 10.0 Å². The van der Waals surface area contributed by atoms with Crippen molar-refractivity contribution in [3.63, 3.8) is 0 Å². The summed E-state index contributed by atoms with van der Waals surface area (Å²) in [6, 6.07) is 12.8. The molecule has 0 aromatic heterocycles. The van der Waals surface area contributed by atoms with Crippen molar-refractivity contribution in [1.82, 2.24) is 4.31 Å². The lowest BCUT2D eigenvalue weighted by molar-refractivity contribution is 0.386. The maximum Gasteiger partial charge on any atom is 0.243 e. The summed E-state index contributed by atoms with van der Waals surface area (Å²) in [5.74, 6) is -0.349. The second kappa shape index (κ2) is 5.82. The Labute approximate surface area is 130 Å². The van der Waals surface area contributed by atoms with Gasteiger partial charge in [0, 0.05) is 12.1 Å². The van der Waals surface area contributed by atoms with Crippen molar-refractivity contribution in [1.29, 1.82) is 0 Å². The van der Waals surface area contributed by atoms with E-state index in [4.69, 9.17) is 0 Å². The topological polar surface area (TPSA) is 37.4 Å². The highest BCUT2D eigenvalue weighted by molar-refractivity contribution is 7.89. The van der Waals surface area contributed by atoms with Crippen molar-refractivity contribution in [2.45, 2.75) is 30.7 Å². The fourth-order valence-corrected chi connectivity index (χ4v) is 4.60. The minimum Gasteiger partial charge on any atom is -0.207 e. The molecule has 0 spiro atoms. The second-order valence-corrected chi connectivity index (χ2v) is 7.50. The molecule has 2 aromatic rings. The Morgan fingerprint density at radius 2 is 1.77 bits per heavy atom. The van der Waals surface area contributed by atoms with E-state index in [-0.39, 0.29) is 10.7 Å². The van der Waals surface area contributed by atoms with Crippen LogP contribution in [-0.2, 0) is 10.0 Å². The van der Waals surface area contributed by atoms with E-state index in [0.29, 0.717) is 18.5 Å². The highest BCUT2D eigenvalue weighted by Crippen LogP contribution is 2.37. The summed E-state index contributed by atoms with van der Waals surface area (Å²) < 4.78 is 41.2. The van der Waals surface area contributed by atoms with Crippen LogP contribution in [0.5, 0.6) is 0 Å². The number of hydrogen-bond donors (Lipinski definition) is 0. The third-order valence-electron chi connectivity index (χ3n) is 4.10. The van der Waals surface area contributed by atoms with Crippen molar-refractivity contribution in [3.8, 4) is 0 Å². The molecule has 1 aliphatic rings. The molecule has 3 rings (SSSR count). The van der Waals surface area contributed by atoms with Crippen LogP contribution in [0.25, 0.3) is 0 Å². The molecule has 2 aromatic carbocycles. The number of hydrogen-bond acceptors (Lipinski definition) is 2. The van der Waals surface area contributed by atoms with Crippen molar-refractivity contribution in [2.75, 3.05) is 6.54 Å². The number of rotatable bonds is 3. The van der Waals surface area contributed by atoms with Gasteiger partial charge in [0.05, 0.1) is 10.9 Å². The molecular weight excluding hydrogens is 301 g/mol. The maximum absolute atomic E-state index is 14.0. The molecule has 1 unspecified atom stereocenters. The van der Waals surface area contributed by atoms with Crippen LogP contribution in [0.2, 0.25) is 0 Å². The van der Waals surface area contributed by atoms with Gasteiger partial charge in [-0.2, -0.15) is 4.31 Å². The van der Waals surface area contributed by atoms with E-state index in [9.17, 15) is 12.8 Å². The molecule has 3 nitrogen and oxygen atoms in total. The Kier molecular flexibility index (Phi) is 4.02. The summed E-state index contributed by atoms with van der Waals surface area (Å²) in [7, 11) is -3.60. The van der Waals surface area contributed by atoms with Gasteiger partial charge in [-0.15, -0.1) is 0 Å². The normalized spacial score (nSPS) is 19.5. The van der Waals surface area contributed by atoms with E-state index in [1.54, 1.807) is 42.5 Å². The largest absolute Gasteiger partial charge is 0.243 e. The van der Waals surface area contributed by atoms with Gasteiger partial charge in [0.25, 0.3) is 0 Å². The van der Waals surface area contributed by atoms with Crippen LogP contribution in [0.15, 0.2) is 53.4 Å². The quantitative estimate of drug-likeness (QED) is 0.866. The third kappa shape index (κ3) is 2.66. The van der Waals surface area contributed by atoms with Crippen LogP contribution >= 0.6 is 0 Å². The van der Waals surface area contributed by atoms with Crippen molar-refractivity contribution < 1.29 is 12.8 Å². The molecule has 0 aliphatic carbocycles. The zero-order valence-electron chi connectivity index (χ0n) is 12.4. The van der Waals surface area contributed by atoms with E-state index in [2.05, 4.69) is 0 Å². The van der Waals surface area contributed by atoms with E-state index in [0.717, 1.165) is 12.0 Å². The van der Waals surface area contributed by atoms with Gasteiger partial charge in [-0.05, 0) is 38.0 Å². The molecule has 0 bridgehead atoms. The van der Waals surface area contributed by atoms with Gasteiger partial charge in [0.15, 0.2) is 0 Å². The summed E-state index contributed by atoms with van der Waals surface area (Å²) in [4.78, 5) is 0.265. The smallest absolute Gasteiger partial charge is 0.207 e. The molecule has 0 amide bonds. The zero-order chi connectivity index (χ0) is 15.7. The number of sulfonamides is 1. The average molecular weight is 319 g/mol. The van der Waals surface area contributed by atoms with Crippen molar-refractivity contribution in [2.24, 2.45) is 0 Å². The van der Waals surface area contributed by atoms with Crippen LogP contribution in [0.1, 0.15) is 30.0 Å². The predicted octanol–water partition coefficient (Wildman–Crippen LogP) is 3.66. The Morgan fingerprint density at radius 3 is 2.45 bits per heavy atom. The Bertz CT molecular complexity index is 772. The molecular formula is C17H18FNO2S. The van der Waals surface area contributed by atoms with Crippen LogP contribution in [0.3, 0.4) is 0 Å². The summed E-state index contributed by atoms with van der Waals surface area (Å²) in [5.41, 5.74) is 1.46. The Balaban J connectivity index is 1.99. The van der Waals surface area contributed by atoms with Crippen LogP contribution in [0, 0.1) is 12.7 Å². The van der Waals surface area contributed by atoms with E-state index < -0.39 is 16.1 Å². The molecule has 0 N–H and O–H groups in total. The number of nitrogens with zero attached hydrogens (tertiary/aromatic N) is 1. The lowest BCUT2D eigenvalue weighted by atomic mass is 10.1. The van der Waals surface area contributed by atoms with Gasteiger partial charge in [-0.1, -0.05) is 35.9 Å². The maximum atomic E-state index is 14.0. The highest BCUT2D eigenvalue weighted by Gasteiger charge is 2.37. The molecule has 116 valence electrons. The summed E-state index contributed by atoms with van der Waals surface area (Å²) >= 11 is 0. The standard InChI is InChI=1S/C17H18FNO2S/c1-13-8-10-14(11-9-13)22(20,21)19-12-4-7-17(19)15-5-2-3-6-16(15)18/h2-3,5-6,8-11,17H,4,7,12H2,1H3. The Morgan fingerprint density at radius 1 is 1.09 bits per heavy atom. The van der Waals surface area contributed by atoms with Gasteiger partial charge < -0.3 is 0 Å². The number of aryl methyl sites for hydroxylation is 1. The molecule has 1 atom stereocenters. The first-order valence-electron chi connectivity index (χ1n) is 7.33. The number of halogens is 1. The van der Waals surface area contributed by atoms with Crippen LogP contribution in [-0.4, -0.2) is 19.3 Å². The molecule has 0 radical (unpaired) electrons. The SMILES string of the molecule is Cc1ccc(S(=O)(=O)N2CCCC2c2ccccc2F)cc1. The van der Waals surface area contributed by atoms with Crippen LogP contribution in [0.4, 0.5) is 4.39 Å². The van der Waals surface area contributed by atoms with Crippen molar-refractivity contribution in [3.05, 3.63) is 65.5 Å². The first-order valence-corrected chi connectivity index (χ1v) is 8.77. The summed E-state index contributed by atoms with van der Waals surface area (Å²) in [6.45, 7) is 2.34. The lowest BCUT2D eigenvalue weighted by Crippen LogP contribution is -2.31. The fourth-order valence-electron chi connectivity index (χ4n) is 2.93. The molecule has 1 saturated heterocycles. The van der Waals surface area contributed by atoms with Gasteiger partial charge >= 0.3 is 0 Å². The molecule has 1 heterocycles. The molecule has 22 heavy (non-hydrogen) atoms. The fraction of sp³-hybridized carbons (Fsp3) is 0.294. The lowest BCUT2D eigenvalue weighted by Gasteiger charge is -2.24. The minimum atomic E-state index is -3.60. The third-order valence-corrected chi connectivity index (χ3v) is 6.02. The summed E-state index contributed by atoms with van der Waals surface area (Å²) in [5, 5.41) is 0. The first kappa shape index (κ1) is 15.2. The molecule has 1 aliphatic heterocycles. The molecule has 1 fully saturated rings. The molecule has 5 heteroatoms. The van der Waals surface area contributed by atoms with Crippen LogP contribution < -0.4 is 0 Å². The second-order valence-electron chi connectivity index (χ2n) is 5.61. The van der Waals surface area contributed by atoms with E-state index in [1.165, 1.54) is 10.4 Å². The van der Waals surface area contributed by atoms with Gasteiger partial charge in [0.1, 0.15) is 5.82 Å². The molecule has 0 saturated carbocycles. The average Bonchev–Trinajstić information content (AvgIpc) is 2.98. The van der Waals surface area contributed by atoms with E-state index >= 15 is 0 Å². The van der Waals surface area contributed by atoms with Crippen molar-refractivity contribution >= 4 is 10.0 Å². The van der Waals surface area contributed by atoms with E-state index in [1.807, 2.05) is 6.92 Å². The van der Waals surface area contributed by atoms with Gasteiger partial charge in [-0.25, -0.2) is 12.8 Å². The monoisotopic (exact) mass is 319 g/mol. The number of benzene rings is 2. The minimum absolute atomic E-state index is 0.265. The highest BCUT2D eigenvalue weighted by atomic mass is 32.2. The Hall–Kier alpha value is -1.72. The zero-order valence-corrected chi connectivity index (χ0v) is 13.2.